The molecule has 1 aliphatic heterocycles. The van der Waals surface area contributed by atoms with Crippen LogP contribution in [0.15, 0.2) is 53.3 Å². The lowest BCUT2D eigenvalue weighted by atomic mass is 10.1. The van der Waals surface area contributed by atoms with E-state index >= 15 is 0 Å². The van der Waals surface area contributed by atoms with Crippen molar-refractivity contribution in [2.45, 2.75) is 32.7 Å². The lowest BCUT2D eigenvalue weighted by Gasteiger charge is -2.21. The minimum atomic E-state index is -0.455. The molecule has 1 aromatic heterocycles. The molecule has 0 aliphatic carbocycles. The number of ether oxygens (including phenoxy) is 1. The maximum Gasteiger partial charge on any atom is 0.345 e. The van der Waals surface area contributed by atoms with E-state index in [-0.39, 0.29) is 24.3 Å². The second-order valence-corrected chi connectivity index (χ2v) is 7.88. The highest BCUT2D eigenvalue weighted by Gasteiger charge is 2.25. The smallest absolute Gasteiger partial charge is 0.345 e. The first-order valence-corrected chi connectivity index (χ1v) is 10.3. The van der Waals surface area contributed by atoms with Crippen molar-refractivity contribution < 1.29 is 14.6 Å². The highest BCUT2D eigenvalue weighted by molar-refractivity contribution is 5.78. The fraction of sp³-hybridized carbons (Fsp3) is 0.292. The summed E-state index contributed by atoms with van der Waals surface area (Å²) in [5.74, 6) is 0.790. The lowest BCUT2D eigenvalue weighted by Crippen LogP contribution is -2.37. The van der Waals surface area contributed by atoms with Gasteiger partial charge in [0.05, 0.1) is 11.4 Å². The van der Waals surface area contributed by atoms with E-state index in [2.05, 4.69) is 16.9 Å². The van der Waals surface area contributed by atoms with Gasteiger partial charge in [0.2, 0.25) is 0 Å². The van der Waals surface area contributed by atoms with E-state index in [9.17, 15) is 14.7 Å². The number of phenols is 1. The minimum absolute atomic E-state index is 0.00127. The topological polar surface area (TPSA) is 95.5 Å². The predicted octanol–water partition coefficient (Wildman–Crippen LogP) is 3.51. The van der Waals surface area contributed by atoms with Gasteiger partial charge in [-0.25, -0.2) is 4.79 Å². The molecule has 31 heavy (non-hydrogen) atoms. The highest BCUT2D eigenvalue weighted by atomic mass is 16.5. The SMILES string of the molecule is Cc1cc(-c2cc(-c3ccc(OCC(=O)N4CCCC4C)cc3)[nH]c(=O)n2)ccc1O. The third kappa shape index (κ3) is 4.60. The number of aromatic hydroxyl groups is 1. The Bertz CT molecular complexity index is 1150. The van der Waals surface area contributed by atoms with Crippen molar-refractivity contribution in [3.05, 3.63) is 64.6 Å². The monoisotopic (exact) mass is 419 g/mol. The molecule has 1 unspecified atom stereocenters. The predicted molar refractivity (Wildman–Crippen MR) is 118 cm³/mol. The fourth-order valence-corrected chi connectivity index (χ4v) is 3.84. The summed E-state index contributed by atoms with van der Waals surface area (Å²) >= 11 is 0. The number of benzene rings is 2. The molecule has 0 radical (unpaired) electrons. The summed E-state index contributed by atoms with van der Waals surface area (Å²) in [6.07, 6.45) is 2.08. The van der Waals surface area contributed by atoms with Crippen LogP contribution in [0.2, 0.25) is 0 Å². The van der Waals surface area contributed by atoms with Crippen LogP contribution >= 0.6 is 0 Å². The van der Waals surface area contributed by atoms with E-state index in [1.807, 2.05) is 17.0 Å². The molecule has 1 saturated heterocycles. The number of aryl methyl sites for hydroxylation is 1. The molecule has 2 N–H and O–H groups in total. The van der Waals surface area contributed by atoms with E-state index in [1.165, 1.54) is 0 Å². The molecule has 2 heterocycles. The Kier molecular flexibility index (Phi) is 5.75. The Labute approximate surface area is 180 Å². The van der Waals surface area contributed by atoms with Gasteiger partial charge in [-0.15, -0.1) is 0 Å². The zero-order valence-corrected chi connectivity index (χ0v) is 17.6. The van der Waals surface area contributed by atoms with E-state index in [1.54, 1.807) is 43.3 Å². The van der Waals surface area contributed by atoms with Crippen LogP contribution in [0, 0.1) is 6.92 Å². The van der Waals surface area contributed by atoms with Crippen LogP contribution < -0.4 is 10.4 Å². The average Bonchev–Trinajstić information content (AvgIpc) is 3.20. The van der Waals surface area contributed by atoms with Crippen LogP contribution in [0.5, 0.6) is 11.5 Å². The molecule has 1 amide bonds. The van der Waals surface area contributed by atoms with Gasteiger partial charge >= 0.3 is 5.69 Å². The van der Waals surface area contributed by atoms with Crippen molar-refractivity contribution in [2.24, 2.45) is 0 Å². The summed E-state index contributed by atoms with van der Waals surface area (Å²) in [5, 5.41) is 9.73. The van der Waals surface area contributed by atoms with Crippen molar-refractivity contribution in [1.29, 1.82) is 0 Å². The van der Waals surface area contributed by atoms with E-state index in [4.69, 9.17) is 4.74 Å². The molecule has 0 bridgehead atoms. The number of hydrogen-bond acceptors (Lipinski definition) is 5. The molecular formula is C24H25N3O4. The number of nitrogens with one attached hydrogen (secondary N) is 1. The number of carbonyl (C=O) groups excluding carboxylic acids is 1. The third-order valence-corrected chi connectivity index (χ3v) is 5.64. The van der Waals surface area contributed by atoms with Crippen molar-refractivity contribution in [1.82, 2.24) is 14.9 Å². The Morgan fingerprint density at radius 3 is 2.61 bits per heavy atom. The lowest BCUT2D eigenvalue weighted by molar-refractivity contribution is -0.133. The highest BCUT2D eigenvalue weighted by Crippen LogP contribution is 2.27. The van der Waals surface area contributed by atoms with E-state index in [0.717, 1.165) is 30.5 Å². The maximum atomic E-state index is 12.3. The second-order valence-electron chi connectivity index (χ2n) is 7.88. The molecule has 7 heteroatoms. The number of H-pyrrole nitrogens is 1. The molecular weight excluding hydrogens is 394 g/mol. The Balaban J connectivity index is 1.50. The van der Waals surface area contributed by atoms with Crippen molar-refractivity contribution >= 4 is 5.91 Å². The largest absolute Gasteiger partial charge is 0.508 e. The van der Waals surface area contributed by atoms with Crippen LogP contribution in [0.3, 0.4) is 0 Å². The number of hydrogen-bond donors (Lipinski definition) is 2. The van der Waals surface area contributed by atoms with Crippen LogP contribution in [0.1, 0.15) is 25.3 Å². The van der Waals surface area contributed by atoms with Gasteiger partial charge < -0.3 is 19.7 Å². The maximum absolute atomic E-state index is 12.3. The van der Waals surface area contributed by atoms with Gasteiger partial charge in [-0.2, -0.15) is 4.98 Å². The number of phenolic OH excluding ortho intramolecular Hbond substituents is 1. The zero-order chi connectivity index (χ0) is 22.0. The van der Waals surface area contributed by atoms with Gasteiger partial charge in [-0.1, -0.05) is 0 Å². The Hall–Kier alpha value is -3.61. The standard InChI is InChI=1S/C24H25N3O4/c1-15-12-18(7-10-22(15)28)21-13-20(25-24(30)26-21)17-5-8-19(9-6-17)31-14-23(29)27-11-3-4-16(27)2/h5-10,12-13,16,28H,3-4,11,14H2,1-2H3,(H,25,26,30). The number of amides is 1. The molecule has 160 valence electrons. The summed E-state index contributed by atoms with van der Waals surface area (Å²) in [7, 11) is 0. The van der Waals surface area contributed by atoms with Crippen LogP contribution in [0.25, 0.3) is 22.5 Å². The zero-order valence-electron chi connectivity index (χ0n) is 17.6. The van der Waals surface area contributed by atoms with Crippen LogP contribution in [0.4, 0.5) is 0 Å². The Morgan fingerprint density at radius 1 is 1.19 bits per heavy atom. The van der Waals surface area contributed by atoms with Crippen molar-refractivity contribution in [3.63, 3.8) is 0 Å². The molecule has 2 aromatic carbocycles. The van der Waals surface area contributed by atoms with E-state index < -0.39 is 5.69 Å². The summed E-state index contributed by atoms with van der Waals surface area (Å²) in [5.41, 5.74) is 2.94. The number of likely N-dealkylation sites (tertiary alicyclic amines) is 1. The first kappa shape index (κ1) is 20.7. The Morgan fingerprint density at radius 2 is 1.94 bits per heavy atom. The van der Waals surface area contributed by atoms with Gasteiger partial charge in [0.25, 0.3) is 5.91 Å². The summed E-state index contributed by atoms with van der Waals surface area (Å²) in [4.78, 5) is 33.1. The molecule has 1 aliphatic rings. The third-order valence-electron chi connectivity index (χ3n) is 5.64. The van der Waals surface area contributed by atoms with Gasteiger partial charge in [0.15, 0.2) is 6.61 Å². The van der Waals surface area contributed by atoms with E-state index in [0.29, 0.717) is 22.7 Å². The van der Waals surface area contributed by atoms with Gasteiger partial charge in [0, 0.05) is 18.2 Å². The number of aromatic nitrogens is 2. The number of aromatic amines is 1. The van der Waals surface area contributed by atoms with Crippen molar-refractivity contribution in [3.8, 4) is 34.0 Å². The summed E-state index contributed by atoms with van der Waals surface area (Å²) in [6, 6.07) is 14.4. The molecule has 1 atom stereocenters. The second kappa shape index (κ2) is 8.63. The molecule has 0 spiro atoms. The van der Waals surface area contributed by atoms with Gasteiger partial charge in [0.1, 0.15) is 11.5 Å². The van der Waals surface area contributed by atoms with Crippen LogP contribution in [-0.2, 0) is 4.79 Å². The normalized spacial score (nSPS) is 15.8. The molecule has 3 aromatic rings. The molecule has 4 rings (SSSR count). The number of nitrogens with zero attached hydrogens (tertiary/aromatic N) is 2. The van der Waals surface area contributed by atoms with Crippen LogP contribution in [-0.4, -0.2) is 45.1 Å². The summed E-state index contributed by atoms with van der Waals surface area (Å²) < 4.78 is 5.66. The summed E-state index contributed by atoms with van der Waals surface area (Å²) in [6.45, 7) is 4.66. The van der Waals surface area contributed by atoms with Crippen molar-refractivity contribution in [2.75, 3.05) is 13.2 Å². The number of rotatable bonds is 5. The first-order valence-electron chi connectivity index (χ1n) is 10.3. The van der Waals surface area contributed by atoms with Gasteiger partial charge in [-0.3, -0.25) is 4.79 Å². The average molecular weight is 419 g/mol. The molecule has 1 fully saturated rings. The quantitative estimate of drug-likeness (QED) is 0.660. The first-order chi connectivity index (χ1) is 14.9. The van der Waals surface area contributed by atoms with Gasteiger partial charge in [-0.05, 0) is 86.3 Å². The minimum Gasteiger partial charge on any atom is -0.508 e. The fourth-order valence-electron chi connectivity index (χ4n) is 3.84. The molecule has 0 saturated carbocycles. The number of carbonyl (C=O) groups is 1. The molecule has 7 nitrogen and oxygen atoms in total.